The van der Waals surface area contributed by atoms with Crippen molar-refractivity contribution in [2.75, 3.05) is 13.2 Å². The first-order chi connectivity index (χ1) is 25.4. The van der Waals surface area contributed by atoms with Gasteiger partial charge in [0.05, 0.1) is 24.6 Å². The van der Waals surface area contributed by atoms with E-state index < -0.39 is 23.1 Å². The molecule has 286 valence electrons. The molecule has 0 bridgehead atoms. The summed E-state index contributed by atoms with van der Waals surface area (Å²) in [6, 6.07) is 11.9. The lowest BCUT2D eigenvalue weighted by atomic mass is 10.1. The van der Waals surface area contributed by atoms with Crippen molar-refractivity contribution in [2.45, 2.75) is 142 Å². The molecule has 0 amide bonds. The largest absolute Gasteiger partial charge is 0.504 e. The molecule has 0 saturated heterocycles. The molecule has 0 saturated carbocycles. The molecule has 0 radical (unpaired) electrons. The summed E-state index contributed by atoms with van der Waals surface area (Å²) in [5.74, 6) is -1.47. The number of phenols is 2. The first-order valence-corrected chi connectivity index (χ1v) is 19.9. The van der Waals surface area contributed by atoms with Crippen molar-refractivity contribution in [3.05, 3.63) is 71.3 Å². The van der Waals surface area contributed by atoms with Gasteiger partial charge in [0.25, 0.3) is 0 Å². The van der Waals surface area contributed by atoms with Gasteiger partial charge in [0.2, 0.25) is 0 Å². The highest BCUT2D eigenvalue weighted by molar-refractivity contribution is 5.90. The van der Waals surface area contributed by atoms with Crippen LogP contribution >= 0.6 is 0 Å². The van der Waals surface area contributed by atoms with E-state index in [9.17, 15) is 19.0 Å². The summed E-state index contributed by atoms with van der Waals surface area (Å²) in [7, 11) is 0. The van der Waals surface area contributed by atoms with Crippen LogP contribution < -0.4 is 9.47 Å². The third-order valence-corrected chi connectivity index (χ3v) is 9.27. The zero-order valence-corrected chi connectivity index (χ0v) is 31.7. The Balaban J connectivity index is 1.74. The van der Waals surface area contributed by atoms with Crippen LogP contribution in [0.1, 0.15) is 153 Å². The van der Waals surface area contributed by atoms with Gasteiger partial charge in [-0.15, -0.1) is 0 Å². The quantitative estimate of drug-likeness (QED) is 0.0578. The van der Waals surface area contributed by atoms with Gasteiger partial charge >= 0.3 is 0 Å². The number of rotatable bonds is 28. The van der Waals surface area contributed by atoms with Crippen molar-refractivity contribution in [1.29, 1.82) is 0 Å². The summed E-state index contributed by atoms with van der Waals surface area (Å²) in [5, 5.41) is 20.5. The molecule has 0 fully saturated rings. The SMILES string of the molecule is CCCCCCCCCCCCOc1cc(N=Cc2cccc(F)c2O)c(N=Cc2cccc(F)c2O)cc1OCCCCCCCCCCCC. The average molecular weight is 721 g/mol. The lowest BCUT2D eigenvalue weighted by molar-refractivity contribution is 0.258. The van der Waals surface area contributed by atoms with Crippen molar-refractivity contribution >= 4 is 23.8 Å². The van der Waals surface area contributed by atoms with Gasteiger partial charge in [-0.2, -0.15) is 0 Å². The Labute approximate surface area is 311 Å². The van der Waals surface area contributed by atoms with Gasteiger partial charge in [-0.3, -0.25) is 9.98 Å². The van der Waals surface area contributed by atoms with Crippen LogP contribution in [-0.2, 0) is 0 Å². The standard InChI is InChI=1S/C44H62F2N2O4/c1-3-5-7-9-11-13-15-17-19-21-29-51-41-31-39(47-33-35-25-23-27-37(45)43(35)49)40(48-34-36-26-24-28-38(46)44(36)50)32-42(41)52-30-22-20-18-16-14-12-10-8-6-4-2/h23-28,31-34,49-50H,3-22,29-30H2,1-2H3. The minimum absolute atomic E-state index is 0.201. The van der Waals surface area contributed by atoms with Gasteiger partial charge in [0.1, 0.15) is 0 Å². The van der Waals surface area contributed by atoms with Gasteiger partial charge in [0.15, 0.2) is 34.6 Å². The summed E-state index contributed by atoms with van der Waals surface area (Å²) in [6.45, 7) is 5.51. The third kappa shape index (κ3) is 16.2. The maximum Gasteiger partial charge on any atom is 0.165 e. The molecular formula is C44H62F2N2O4. The molecule has 0 aliphatic carbocycles. The van der Waals surface area contributed by atoms with Crippen molar-refractivity contribution in [3.63, 3.8) is 0 Å². The number of ether oxygens (including phenoxy) is 2. The average Bonchev–Trinajstić information content (AvgIpc) is 3.14. The Morgan fingerprint density at radius 3 is 1.17 bits per heavy atom. The predicted molar refractivity (Wildman–Crippen MR) is 212 cm³/mol. The van der Waals surface area contributed by atoms with Crippen LogP contribution in [0.25, 0.3) is 0 Å². The molecule has 52 heavy (non-hydrogen) atoms. The molecule has 2 N–H and O–H groups in total. The lowest BCUT2D eigenvalue weighted by Crippen LogP contribution is -2.03. The zero-order valence-electron chi connectivity index (χ0n) is 31.7. The number of aliphatic imine (C=N–C) groups is 2. The maximum atomic E-state index is 14.1. The number of benzene rings is 3. The van der Waals surface area contributed by atoms with E-state index in [2.05, 4.69) is 23.8 Å². The molecule has 0 unspecified atom stereocenters. The second kappa shape index (κ2) is 25.9. The number of hydrogen-bond acceptors (Lipinski definition) is 6. The minimum atomic E-state index is -0.750. The highest BCUT2D eigenvalue weighted by atomic mass is 19.1. The number of unbranched alkanes of at least 4 members (excludes halogenated alkanes) is 18. The first-order valence-electron chi connectivity index (χ1n) is 19.9. The number of para-hydroxylation sites is 2. The van der Waals surface area contributed by atoms with E-state index in [1.54, 1.807) is 24.3 Å². The maximum absolute atomic E-state index is 14.1. The fourth-order valence-corrected chi connectivity index (χ4v) is 6.06. The van der Waals surface area contributed by atoms with Crippen LogP contribution in [0.5, 0.6) is 23.0 Å². The van der Waals surface area contributed by atoms with E-state index in [0.29, 0.717) is 36.1 Å². The molecule has 0 atom stereocenters. The Morgan fingerprint density at radius 2 is 0.827 bits per heavy atom. The van der Waals surface area contributed by atoms with Crippen molar-refractivity contribution < 1.29 is 28.5 Å². The van der Waals surface area contributed by atoms with Gasteiger partial charge in [-0.05, 0) is 37.1 Å². The smallest absolute Gasteiger partial charge is 0.165 e. The Kier molecular flexibility index (Phi) is 21.2. The summed E-state index contributed by atoms with van der Waals surface area (Å²) >= 11 is 0. The normalized spacial score (nSPS) is 11.6. The van der Waals surface area contributed by atoms with E-state index >= 15 is 0 Å². The van der Waals surface area contributed by atoms with Crippen molar-refractivity contribution in [3.8, 4) is 23.0 Å². The molecule has 6 nitrogen and oxygen atoms in total. The molecule has 0 aliphatic rings. The second-order valence-corrected chi connectivity index (χ2v) is 13.7. The number of aromatic hydroxyl groups is 2. The van der Waals surface area contributed by atoms with E-state index in [1.165, 1.54) is 139 Å². The summed E-state index contributed by atoms with van der Waals surface area (Å²) in [5.41, 5.74) is 1.15. The van der Waals surface area contributed by atoms with Crippen LogP contribution in [0.4, 0.5) is 20.2 Å². The van der Waals surface area contributed by atoms with E-state index in [0.717, 1.165) is 25.7 Å². The molecule has 3 aromatic rings. The van der Waals surface area contributed by atoms with Gasteiger partial charge in [0, 0.05) is 35.7 Å². The Morgan fingerprint density at radius 1 is 0.500 bits per heavy atom. The second-order valence-electron chi connectivity index (χ2n) is 13.7. The molecule has 8 heteroatoms. The monoisotopic (exact) mass is 720 g/mol. The molecule has 0 aromatic heterocycles. The highest BCUT2D eigenvalue weighted by Gasteiger charge is 2.14. The van der Waals surface area contributed by atoms with E-state index in [1.807, 2.05) is 0 Å². The van der Waals surface area contributed by atoms with Crippen molar-refractivity contribution in [2.24, 2.45) is 9.98 Å². The van der Waals surface area contributed by atoms with Gasteiger partial charge in [-0.1, -0.05) is 142 Å². The van der Waals surface area contributed by atoms with Crippen LogP contribution in [0, 0.1) is 11.6 Å². The summed E-state index contributed by atoms with van der Waals surface area (Å²) in [6.07, 6.45) is 27.2. The zero-order chi connectivity index (χ0) is 37.2. The van der Waals surface area contributed by atoms with Gasteiger partial charge < -0.3 is 19.7 Å². The summed E-state index contributed by atoms with van der Waals surface area (Å²) < 4.78 is 40.8. The van der Waals surface area contributed by atoms with Crippen molar-refractivity contribution in [1.82, 2.24) is 0 Å². The fraction of sp³-hybridized carbons (Fsp3) is 0.545. The number of phenolic OH excluding ortho intramolecular Hbond substituents is 2. The van der Waals surface area contributed by atoms with Crippen LogP contribution in [-0.4, -0.2) is 35.9 Å². The number of hydrogen-bond donors (Lipinski definition) is 2. The molecule has 0 heterocycles. The lowest BCUT2D eigenvalue weighted by Gasteiger charge is -2.15. The minimum Gasteiger partial charge on any atom is -0.504 e. The third-order valence-electron chi connectivity index (χ3n) is 9.27. The van der Waals surface area contributed by atoms with E-state index in [-0.39, 0.29) is 11.1 Å². The Bertz CT molecular complexity index is 1380. The molecule has 3 rings (SSSR count). The summed E-state index contributed by atoms with van der Waals surface area (Å²) in [4.78, 5) is 9.12. The number of nitrogens with zero attached hydrogens (tertiary/aromatic N) is 2. The van der Waals surface area contributed by atoms with Gasteiger partial charge in [-0.25, -0.2) is 8.78 Å². The highest BCUT2D eigenvalue weighted by Crippen LogP contribution is 2.41. The topological polar surface area (TPSA) is 83.6 Å². The van der Waals surface area contributed by atoms with Crippen LogP contribution in [0.15, 0.2) is 58.5 Å². The fourth-order valence-electron chi connectivity index (χ4n) is 6.06. The molecule has 0 aliphatic heterocycles. The van der Waals surface area contributed by atoms with E-state index in [4.69, 9.17) is 9.47 Å². The first kappa shape index (κ1) is 42.5. The molecule has 3 aromatic carbocycles. The van der Waals surface area contributed by atoms with Crippen LogP contribution in [0.2, 0.25) is 0 Å². The Hall–Kier alpha value is -3.94. The number of halogens is 2. The predicted octanol–water partition coefficient (Wildman–Crippen LogP) is 13.5. The molecular weight excluding hydrogens is 658 g/mol. The molecule has 0 spiro atoms. The van der Waals surface area contributed by atoms with Crippen LogP contribution in [0.3, 0.4) is 0 Å².